The molecule has 0 aromatic heterocycles. The molecule has 0 bridgehead atoms. The molecule has 3 fully saturated rings. The molecule has 5 nitrogen and oxygen atoms in total. The predicted octanol–water partition coefficient (Wildman–Crippen LogP) is 0.392. The summed E-state index contributed by atoms with van der Waals surface area (Å²) in [5.74, 6) is 0.207. The molecule has 2 unspecified atom stereocenters. The van der Waals surface area contributed by atoms with Crippen LogP contribution in [0, 0.1) is 5.41 Å². The highest BCUT2D eigenvalue weighted by molar-refractivity contribution is 5.78. The van der Waals surface area contributed by atoms with Gasteiger partial charge in [-0.1, -0.05) is 6.42 Å². The molecule has 3 rings (SSSR count). The molecule has 2 saturated carbocycles. The number of morpholine rings is 1. The summed E-state index contributed by atoms with van der Waals surface area (Å²) in [4.78, 5) is 14.0. The number of hydrogen-bond acceptors (Lipinski definition) is 4. The Morgan fingerprint density at radius 2 is 2.16 bits per heavy atom. The van der Waals surface area contributed by atoms with E-state index in [1.54, 1.807) is 7.11 Å². The largest absolute Gasteiger partial charge is 0.381 e. The second-order valence-electron chi connectivity index (χ2n) is 5.97. The Kier molecular flexibility index (Phi) is 3.78. The lowest BCUT2D eigenvalue weighted by Gasteiger charge is -2.61. The van der Waals surface area contributed by atoms with Crippen LogP contribution in [0.1, 0.15) is 25.7 Å². The lowest BCUT2D eigenvalue weighted by atomic mass is 9.51. The number of amides is 1. The van der Waals surface area contributed by atoms with Crippen LogP contribution in [0.4, 0.5) is 0 Å². The summed E-state index contributed by atoms with van der Waals surface area (Å²) in [5.41, 5.74) is 0.333. The zero-order valence-electron chi connectivity index (χ0n) is 11.7. The molecule has 0 radical (unpaired) electrons. The summed E-state index contributed by atoms with van der Waals surface area (Å²) in [5, 5.41) is 3.46. The van der Waals surface area contributed by atoms with E-state index in [0.29, 0.717) is 37.3 Å². The number of ether oxygens (including phenoxy) is 2. The molecule has 1 saturated heterocycles. The van der Waals surface area contributed by atoms with Gasteiger partial charge < -0.3 is 19.7 Å². The number of nitrogens with zero attached hydrogens (tertiary/aromatic N) is 1. The molecule has 1 heterocycles. The van der Waals surface area contributed by atoms with Crippen LogP contribution >= 0.6 is 0 Å². The van der Waals surface area contributed by atoms with Gasteiger partial charge in [0.1, 0.15) is 0 Å². The third kappa shape index (κ3) is 2.28. The number of hydrogen-bond donors (Lipinski definition) is 1. The molecule has 0 aromatic rings. The van der Waals surface area contributed by atoms with Crippen molar-refractivity contribution in [2.45, 2.75) is 37.8 Å². The molecule has 5 heteroatoms. The van der Waals surface area contributed by atoms with Gasteiger partial charge in [0.2, 0.25) is 5.91 Å². The van der Waals surface area contributed by atoms with Crippen molar-refractivity contribution in [2.75, 3.05) is 40.0 Å². The summed E-state index contributed by atoms with van der Waals surface area (Å²) in [6, 6.07) is 0.469. The van der Waals surface area contributed by atoms with E-state index in [2.05, 4.69) is 5.32 Å². The molecule has 1 spiro atoms. The molecule has 3 aliphatic rings. The Bertz CT molecular complexity index is 338. The van der Waals surface area contributed by atoms with Gasteiger partial charge in [0, 0.05) is 31.7 Å². The first-order valence-electron chi connectivity index (χ1n) is 7.38. The van der Waals surface area contributed by atoms with Gasteiger partial charge in [0.25, 0.3) is 0 Å². The van der Waals surface area contributed by atoms with Crippen LogP contribution in [0.15, 0.2) is 0 Å². The van der Waals surface area contributed by atoms with Crippen molar-refractivity contribution in [1.82, 2.24) is 10.2 Å². The third-order valence-electron chi connectivity index (χ3n) is 5.22. The average Bonchev–Trinajstić information content (AvgIpc) is 2.37. The monoisotopic (exact) mass is 268 g/mol. The van der Waals surface area contributed by atoms with Crippen molar-refractivity contribution < 1.29 is 14.3 Å². The Morgan fingerprint density at radius 3 is 2.74 bits per heavy atom. The van der Waals surface area contributed by atoms with Crippen molar-refractivity contribution >= 4 is 5.91 Å². The smallest absolute Gasteiger partial charge is 0.236 e. The fourth-order valence-electron chi connectivity index (χ4n) is 3.76. The number of carbonyl (C=O) groups excluding carboxylic acids is 1. The molecule has 1 aliphatic heterocycles. The maximum absolute atomic E-state index is 12.1. The van der Waals surface area contributed by atoms with E-state index < -0.39 is 0 Å². The molecule has 1 N–H and O–H groups in total. The number of nitrogens with one attached hydrogen (secondary N) is 1. The lowest BCUT2D eigenvalue weighted by molar-refractivity contribution is -0.163. The maximum atomic E-state index is 12.1. The van der Waals surface area contributed by atoms with Crippen LogP contribution in [-0.4, -0.2) is 62.9 Å². The van der Waals surface area contributed by atoms with Crippen molar-refractivity contribution in [2.24, 2.45) is 5.41 Å². The first kappa shape index (κ1) is 13.3. The average molecular weight is 268 g/mol. The van der Waals surface area contributed by atoms with Crippen LogP contribution in [0.5, 0.6) is 0 Å². The van der Waals surface area contributed by atoms with Crippen molar-refractivity contribution in [3.05, 3.63) is 0 Å². The Balaban J connectivity index is 1.46. The van der Waals surface area contributed by atoms with E-state index in [4.69, 9.17) is 9.47 Å². The van der Waals surface area contributed by atoms with Crippen LogP contribution in [0.25, 0.3) is 0 Å². The molecule has 108 valence electrons. The van der Waals surface area contributed by atoms with Gasteiger partial charge in [-0.3, -0.25) is 4.79 Å². The van der Waals surface area contributed by atoms with Gasteiger partial charge in [-0.05, 0) is 19.3 Å². The molecular weight excluding hydrogens is 244 g/mol. The summed E-state index contributed by atoms with van der Waals surface area (Å²) in [6.07, 6.45) is 5.24. The van der Waals surface area contributed by atoms with E-state index in [9.17, 15) is 4.79 Å². The van der Waals surface area contributed by atoms with Crippen molar-refractivity contribution in [3.8, 4) is 0 Å². The summed E-state index contributed by atoms with van der Waals surface area (Å²) >= 11 is 0. The van der Waals surface area contributed by atoms with Crippen LogP contribution in [-0.2, 0) is 14.3 Å². The van der Waals surface area contributed by atoms with E-state index in [0.717, 1.165) is 19.5 Å². The summed E-state index contributed by atoms with van der Waals surface area (Å²) < 4.78 is 10.8. The second-order valence-corrected chi connectivity index (χ2v) is 5.97. The predicted molar refractivity (Wildman–Crippen MR) is 70.9 cm³/mol. The van der Waals surface area contributed by atoms with Gasteiger partial charge in [-0.2, -0.15) is 0 Å². The summed E-state index contributed by atoms with van der Waals surface area (Å²) in [6.45, 7) is 3.27. The van der Waals surface area contributed by atoms with E-state index in [-0.39, 0.29) is 5.91 Å². The van der Waals surface area contributed by atoms with E-state index in [1.165, 1.54) is 19.3 Å². The zero-order valence-corrected chi connectivity index (χ0v) is 11.7. The molecule has 0 aromatic carbocycles. The third-order valence-corrected chi connectivity index (χ3v) is 5.22. The minimum Gasteiger partial charge on any atom is -0.381 e. The fraction of sp³-hybridized carbons (Fsp3) is 0.929. The molecule has 1 amide bonds. The topological polar surface area (TPSA) is 50.8 Å². The van der Waals surface area contributed by atoms with Gasteiger partial charge in [-0.15, -0.1) is 0 Å². The number of rotatable bonds is 4. The minimum atomic E-state index is 0.207. The maximum Gasteiger partial charge on any atom is 0.236 e. The van der Waals surface area contributed by atoms with Crippen LogP contribution < -0.4 is 5.32 Å². The highest BCUT2D eigenvalue weighted by Crippen LogP contribution is 2.56. The van der Waals surface area contributed by atoms with Gasteiger partial charge >= 0.3 is 0 Å². The molecule has 19 heavy (non-hydrogen) atoms. The molecule has 2 atom stereocenters. The van der Waals surface area contributed by atoms with Gasteiger partial charge in [-0.25, -0.2) is 0 Å². The first-order chi connectivity index (χ1) is 9.26. The fourth-order valence-corrected chi connectivity index (χ4v) is 3.76. The zero-order chi connectivity index (χ0) is 13.3. The molecular formula is C14H24N2O3. The standard InChI is InChI=1S/C14H24N2O3/c1-18-12-9-11(14(12)3-2-4-14)15-10-13(17)16-5-7-19-8-6-16/h11-12,15H,2-10H2,1H3. The van der Waals surface area contributed by atoms with Gasteiger partial charge in [0.15, 0.2) is 0 Å². The van der Waals surface area contributed by atoms with Crippen molar-refractivity contribution in [3.63, 3.8) is 0 Å². The van der Waals surface area contributed by atoms with Gasteiger partial charge in [0.05, 0.1) is 25.9 Å². The SMILES string of the molecule is COC1CC(NCC(=O)N2CCOCC2)C12CCC2. The Hall–Kier alpha value is -0.650. The normalized spacial score (nSPS) is 32.8. The summed E-state index contributed by atoms with van der Waals surface area (Å²) in [7, 11) is 1.81. The van der Waals surface area contributed by atoms with Crippen LogP contribution in [0.2, 0.25) is 0 Å². The Labute approximate surface area is 114 Å². The molecule has 2 aliphatic carbocycles. The van der Waals surface area contributed by atoms with E-state index >= 15 is 0 Å². The highest BCUT2D eigenvalue weighted by atomic mass is 16.5. The number of methoxy groups -OCH3 is 1. The lowest BCUT2D eigenvalue weighted by Crippen LogP contribution is -2.67. The minimum absolute atomic E-state index is 0.207. The van der Waals surface area contributed by atoms with Crippen LogP contribution in [0.3, 0.4) is 0 Å². The quantitative estimate of drug-likeness (QED) is 0.801. The van der Waals surface area contributed by atoms with E-state index in [1.807, 2.05) is 4.90 Å². The first-order valence-corrected chi connectivity index (χ1v) is 7.38. The van der Waals surface area contributed by atoms with Crippen molar-refractivity contribution in [1.29, 1.82) is 0 Å². The Morgan fingerprint density at radius 1 is 1.42 bits per heavy atom. The number of carbonyl (C=O) groups is 1. The highest BCUT2D eigenvalue weighted by Gasteiger charge is 2.58. The second kappa shape index (κ2) is 5.38.